The molecule has 1 aromatic carbocycles. The van der Waals surface area contributed by atoms with Crippen LogP contribution in [0.4, 0.5) is 9.52 Å². The van der Waals surface area contributed by atoms with Crippen LogP contribution in [0.5, 0.6) is 0 Å². The topological polar surface area (TPSA) is 38.2 Å². The molecule has 1 aliphatic heterocycles. The van der Waals surface area contributed by atoms with Crippen LogP contribution in [-0.4, -0.2) is 28.6 Å². The van der Waals surface area contributed by atoms with E-state index in [-0.39, 0.29) is 18.0 Å². The van der Waals surface area contributed by atoms with Crippen LogP contribution in [0.2, 0.25) is 0 Å². The molecule has 3 rings (SSSR count). The highest BCUT2D eigenvalue weighted by Crippen LogP contribution is 2.29. The SMILES string of the molecule is Cc1nsc(N2CC(C)OC(c3ccc(F)cc3)C2)n1. The van der Waals surface area contributed by atoms with Crippen LogP contribution in [0.15, 0.2) is 24.3 Å². The van der Waals surface area contributed by atoms with Crippen molar-refractivity contribution < 1.29 is 9.13 Å². The maximum absolute atomic E-state index is 13.0. The fraction of sp³-hybridized carbons (Fsp3) is 0.429. The minimum Gasteiger partial charge on any atom is -0.367 e. The molecule has 0 bridgehead atoms. The number of morpholine rings is 1. The smallest absolute Gasteiger partial charge is 0.205 e. The van der Waals surface area contributed by atoms with Gasteiger partial charge in [-0.15, -0.1) is 0 Å². The summed E-state index contributed by atoms with van der Waals surface area (Å²) < 4.78 is 23.2. The second kappa shape index (κ2) is 5.46. The molecule has 106 valence electrons. The van der Waals surface area contributed by atoms with Gasteiger partial charge in [-0.05, 0) is 31.5 Å². The third-order valence-electron chi connectivity index (χ3n) is 3.29. The van der Waals surface area contributed by atoms with Crippen molar-refractivity contribution in [2.45, 2.75) is 26.1 Å². The molecule has 2 aromatic rings. The summed E-state index contributed by atoms with van der Waals surface area (Å²) in [4.78, 5) is 6.62. The van der Waals surface area contributed by atoms with Gasteiger partial charge in [0.15, 0.2) is 0 Å². The maximum Gasteiger partial charge on any atom is 0.205 e. The van der Waals surface area contributed by atoms with E-state index in [2.05, 4.69) is 14.3 Å². The molecule has 1 aromatic heterocycles. The molecule has 0 amide bonds. The Bertz CT molecular complexity index is 586. The van der Waals surface area contributed by atoms with E-state index in [0.717, 1.165) is 23.1 Å². The summed E-state index contributed by atoms with van der Waals surface area (Å²) in [6.45, 7) is 5.44. The molecular weight excluding hydrogens is 277 g/mol. The van der Waals surface area contributed by atoms with Crippen molar-refractivity contribution >= 4 is 16.7 Å². The van der Waals surface area contributed by atoms with Gasteiger partial charge in [0.05, 0.1) is 12.6 Å². The summed E-state index contributed by atoms with van der Waals surface area (Å²) in [6, 6.07) is 6.50. The van der Waals surface area contributed by atoms with Crippen molar-refractivity contribution in [2.24, 2.45) is 0 Å². The van der Waals surface area contributed by atoms with E-state index in [1.807, 2.05) is 13.8 Å². The molecule has 0 spiro atoms. The molecule has 1 fully saturated rings. The summed E-state index contributed by atoms with van der Waals surface area (Å²) >= 11 is 1.41. The molecule has 0 N–H and O–H groups in total. The molecule has 1 saturated heterocycles. The number of halogens is 1. The number of benzene rings is 1. The van der Waals surface area contributed by atoms with E-state index >= 15 is 0 Å². The van der Waals surface area contributed by atoms with E-state index < -0.39 is 0 Å². The zero-order valence-corrected chi connectivity index (χ0v) is 12.2. The highest BCUT2D eigenvalue weighted by molar-refractivity contribution is 7.09. The largest absolute Gasteiger partial charge is 0.367 e. The van der Waals surface area contributed by atoms with Crippen LogP contribution in [0.1, 0.15) is 24.4 Å². The van der Waals surface area contributed by atoms with Gasteiger partial charge in [0, 0.05) is 18.1 Å². The molecule has 0 saturated carbocycles. The van der Waals surface area contributed by atoms with Crippen molar-refractivity contribution in [3.63, 3.8) is 0 Å². The third kappa shape index (κ3) is 2.81. The lowest BCUT2D eigenvalue weighted by atomic mass is 10.1. The van der Waals surface area contributed by atoms with Crippen LogP contribution in [0.25, 0.3) is 0 Å². The molecule has 2 unspecified atom stereocenters. The minimum absolute atomic E-state index is 0.0662. The van der Waals surface area contributed by atoms with Crippen molar-refractivity contribution in [1.82, 2.24) is 9.36 Å². The van der Waals surface area contributed by atoms with Gasteiger partial charge in [-0.1, -0.05) is 12.1 Å². The Morgan fingerprint density at radius 1 is 1.30 bits per heavy atom. The Morgan fingerprint density at radius 2 is 2.05 bits per heavy atom. The van der Waals surface area contributed by atoms with Gasteiger partial charge in [0.2, 0.25) is 5.13 Å². The van der Waals surface area contributed by atoms with E-state index in [1.165, 1.54) is 23.7 Å². The molecule has 20 heavy (non-hydrogen) atoms. The van der Waals surface area contributed by atoms with Gasteiger partial charge in [0.1, 0.15) is 17.7 Å². The number of anilines is 1. The number of rotatable bonds is 2. The number of aromatic nitrogens is 2. The number of ether oxygens (including phenoxy) is 1. The Balaban J connectivity index is 1.81. The lowest BCUT2D eigenvalue weighted by molar-refractivity contribution is -0.0174. The van der Waals surface area contributed by atoms with Gasteiger partial charge in [0.25, 0.3) is 0 Å². The third-order valence-corrected chi connectivity index (χ3v) is 4.16. The summed E-state index contributed by atoms with van der Waals surface area (Å²) in [6.07, 6.45) is 0.0339. The Hall–Kier alpha value is -1.53. The van der Waals surface area contributed by atoms with E-state index in [1.54, 1.807) is 12.1 Å². The fourth-order valence-corrected chi connectivity index (χ4v) is 3.08. The van der Waals surface area contributed by atoms with Crippen LogP contribution in [-0.2, 0) is 4.74 Å². The van der Waals surface area contributed by atoms with Crippen molar-refractivity contribution in [3.8, 4) is 0 Å². The van der Waals surface area contributed by atoms with Gasteiger partial charge >= 0.3 is 0 Å². The Morgan fingerprint density at radius 3 is 2.70 bits per heavy atom. The average Bonchev–Trinajstić information content (AvgIpc) is 2.85. The highest BCUT2D eigenvalue weighted by Gasteiger charge is 2.28. The van der Waals surface area contributed by atoms with Gasteiger partial charge in [-0.2, -0.15) is 4.37 Å². The van der Waals surface area contributed by atoms with E-state index in [4.69, 9.17) is 4.74 Å². The first-order valence-corrected chi connectivity index (χ1v) is 7.35. The second-order valence-electron chi connectivity index (χ2n) is 5.02. The molecule has 0 aliphatic carbocycles. The average molecular weight is 293 g/mol. The van der Waals surface area contributed by atoms with E-state index in [0.29, 0.717) is 6.54 Å². The van der Waals surface area contributed by atoms with Crippen molar-refractivity contribution in [2.75, 3.05) is 18.0 Å². The zero-order valence-electron chi connectivity index (χ0n) is 11.4. The van der Waals surface area contributed by atoms with Crippen LogP contribution < -0.4 is 4.90 Å². The Labute approximate surface area is 121 Å². The minimum atomic E-state index is -0.228. The Kier molecular flexibility index (Phi) is 3.67. The normalized spacial score (nSPS) is 23.1. The van der Waals surface area contributed by atoms with Gasteiger partial charge in [-0.25, -0.2) is 9.37 Å². The lowest BCUT2D eigenvalue weighted by Crippen LogP contribution is -2.42. The lowest BCUT2D eigenvalue weighted by Gasteiger charge is -2.36. The highest BCUT2D eigenvalue weighted by atomic mass is 32.1. The summed E-state index contributed by atoms with van der Waals surface area (Å²) in [5.41, 5.74) is 0.990. The molecule has 0 radical (unpaired) electrons. The summed E-state index contributed by atoms with van der Waals surface area (Å²) in [7, 11) is 0. The standard InChI is InChI=1S/C14H16FN3OS/c1-9-7-18(14-16-10(2)17-20-14)8-13(19-9)11-3-5-12(15)6-4-11/h3-6,9,13H,7-8H2,1-2H3. The molecular formula is C14H16FN3OS. The fourth-order valence-electron chi connectivity index (χ4n) is 2.38. The number of aryl methyl sites for hydroxylation is 1. The van der Waals surface area contributed by atoms with Gasteiger partial charge in [-0.3, -0.25) is 0 Å². The molecule has 1 aliphatic rings. The van der Waals surface area contributed by atoms with Crippen LogP contribution >= 0.6 is 11.5 Å². The molecule has 2 atom stereocenters. The summed E-state index contributed by atoms with van der Waals surface area (Å²) in [5, 5.41) is 0.921. The number of nitrogens with zero attached hydrogens (tertiary/aromatic N) is 3. The maximum atomic E-state index is 13.0. The summed E-state index contributed by atoms with van der Waals surface area (Å²) in [5.74, 6) is 0.566. The molecule has 4 nitrogen and oxygen atoms in total. The number of hydrogen-bond donors (Lipinski definition) is 0. The van der Waals surface area contributed by atoms with E-state index in [9.17, 15) is 4.39 Å². The van der Waals surface area contributed by atoms with Gasteiger partial charge < -0.3 is 9.64 Å². The quantitative estimate of drug-likeness (QED) is 0.853. The first-order chi connectivity index (χ1) is 9.61. The predicted octanol–water partition coefficient (Wildman–Crippen LogP) is 2.95. The first-order valence-electron chi connectivity index (χ1n) is 6.58. The molecule has 6 heteroatoms. The van der Waals surface area contributed by atoms with Crippen LogP contribution in [0, 0.1) is 12.7 Å². The van der Waals surface area contributed by atoms with Crippen molar-refractivity contribution in [1.29, 1.82) is 0 Å². The zero-order chi connectivity index (χ0) is 14.1. The second-order valence-corrected chi connectivity index (χ2v) is 5.75. The predicted molar refractivity (Wildman–Crippen MR) is 76.5 cm³/mol. The van der Waals surface area contributed by atoms with Crippen LogP contribution in [0.3, 0.4) is 0 Å². The van der Waals surface area contributed by atoms with Crippen molar-refractivity contribution in [3.05, 3.63) is 41.5 Å². The molecule has 2 heterocycles. The number of hydrogen-bond acceptors (Lipinski definition) is 5. The first kappa shape index (κ1) is 13.5. The monoisotopic (exact) mass is 293 g/mol.